The predicted octanol–water partition coefficient (Wildman–Crippen LogP) is 2.94. The standard InChI is InChI=1S/C17H18ClN3O2/c1-11(2)15(12-3-5-14(18)6-4-12)17(23)21-20-16(22)13-7-9-19-10-8-13/h3-11,15H,1-2H3,(H,20,22)(H,21,23)/t15-/m0/s1. The van der Waals surface area contributed by atoms with Gasteiger partial charge in [-0.3, -0.25) is 25.4 Å². The summed E-state index contributed by atoms with van der Waals surface area (Å²) in [6.07, 6.45) is 3.03. The van der Waals surface area contributed by atoms with E-state index in [1.165, 1.54) is 12.4 Å². The van der Waals surface area contributed by atoms with Crippen molar-refractivity contribution in [1.82, 2.24) is 15.8 Å². The van der Waals surface area contributed by atoms with Crippen LogP contribution in [0, 0.1) is 5.92 Å². The van der Waals surface area contributed by atoms with Gasteiger partial charge < -0.3 is 0 Å². The lowest BCUT2D eigenvalue weighted by molar-refractivity contribution is -0.124. The van der Waals surface area contributed by atoms with E-state index in [2.05, 4.69) is 15.8 Å². The summed E-state index contributed by atoms with van der Waals surface area (Å²) in [5.41, 5.74) is 6.18. The maximum absolute atomic E-state index is 12.4. The van der Waals surface area contributed by atoms with Gasteiger partial charge in [-0.15, -0.1) is 0 Å². The smallest absolute Gasteiger partial charge is 0.269 e. The average molecular weight is 332 g/mol. The summed E-state index contributed by atoms with van der Waals surface area (Å²) in [4.78, 5) is 28.2. The van der Waals surface area contributed by atoms with Crippen molar-refractivity contribution < 1.29 is 9.59 Å². The minimum absolute atomic E-state index is 0.0639. The van der Waals surface area contributed by atoms with Crippen molar-refractivity contribution in [2.75, 3.05) is 0 Å². The minimum Gasteiger partial charge on any atom is -0.273 e. The van der Waals surface area contributed by atoms with Gasteiger partial charge in [0.05, 0.1) is 5.92 Å². The first-order valence-electron chi connectivity index (χ1n) is 7.24. The number of rotatable bonds is 4. The average Bonchev–Trinajstić information content (AvgIpc) is 2.55. The molecule has 1 atom stereocenters. The van der Waals surface area contributed by atoms with E-state index in [-0.39, 0.29) is 23.7 Å². The van der Waals surface area contributed by atoms with E-state index < -0.39 is 0 Å². The molecule has 0 saturated heterocycles. The highest BCUT2D eigenvalue weighted by molar-refractivity contribution is 6.30. The van der Waals surface area contributed by atoms with E-state index in [4.69, 9.17) is 11.6 Å². The van der Waals surface area contributed by atoms with Gasteiger partial charge in [-0.25, -0.2) is 0 Å². The van der Waals surface area contributed by atoms with Crippen molar-refractivity contribution in [2.24, 2.45) is 5.92 Å². The van der Waals surface area contributed by atoms with Crippen molar-refractivity contribution in [2.45, 2.75) is 19.8 Å². The Labute approximate surface area is 140 Å². The van der Waals surface area contributed by atoms with Crippen molar-refractivity contribution in [1.29, 1.82) is 0 Å². The molecule has 0 aliphatic rings. The molecule has 23 heavy (non-hydrogen) atoms. The second-order valence-electron chi connectivity index (χ2n) is 5.45. The van der Waals surface area contributed by atoms with Crippen LogP contribution in [0.2, 0.25) is 5.02 Å². The van der Waals surface area contributed by atoms with Gasteiger partial charge in [-0.05, 0) is 35.7 Å². The summed E-state index contributed by atoms with van der Waals surface area (Å²) >= 11 is 5.88. The number of carbonyl (C=O) groups is 2. The molecule has 2 rings (SSSR count). The van der Waals surface area contributed by atoms with Crippen LogP contribution < -0.4 is 10.9 Å². The number of benzene rings is 1. The van der Waals surface area contributed by atoms with Crippen LogP contribution >= 0.6 is 11.6 Å². The molecule has 1 aromatic heterocycles. The normalized spacial score (nSPS) is 11.8. The first-order valence-corrected chi connectivity index (χ1v) is 7.62. The molecule has 0 radical (unpaired) electrons. The number of hydrogen-bond donors (Lipinski definition) is 2. The zero-order chi connectivity index (χ0) is 16.8. The number of nitrogens with one attached hydrogen (secondary N) is 2. The second kappa shape index (κ2) is 7.74. The molecular weight excluding hydrogens is 314 g/mol. The van der Waals surface area contributed by atoms with Gasteiger partial charge in [0.1, 0.15) is 0 Å². The number of amides is 2. The quantitative estimate of drug-likeness (QED) is 0.846. The molecule has 0 unspecified atom stereocenters. The number of hydrazine groups is 1. The van der Waals surface area contributed by atoms with Crippen LogP contribution in [0.25, 0.3) is 0 Å². The molecule has 0 aliphatic heterocycles. The molecule has 2 amide bonds. The third-order valence-corrected chi connectivity index (χ3v) is 3.67. The van der Waals surface area contributed by atoms with Gasteiger partial charge in [-0.1, -0.05) is 37.6 Å². The number of nitrogens with zero attached hydrogens (tertiary/aromatic N) is 1. The van der Waals surface area contributed by atoms with Crippen LogP contribution in [0.4, 0.5) is 0 Å². The molecule has 1 aromatic carbocycles. The zero-order valence-corrected chi connectivity index (χ0v) is 13.7. The monoisotopic (exact) mass is 331 g/mol. The van der Waals surface area contributed by atoms with Crippen molar-refractivity contribution >= 4 is 23.4 Å². The van der Waals surface area contributed by atoms with Crippen LogP contribution in [0.5, 0.6) is 0 Å². The van der Waals surface area contributed by atoms with E-state index in [9.17, 15) is 9.59 Å². The topological polar surface area (TPSA) is 71.1 Å². The lowest BCUT2D eigenvalue weighted by Gasteiger charge is -2.21. The SMILES string of the molecule is CC(C)[C@H](C(=O)NNC(=O)c1ccncc1)c1ccc(Cl)cc1. The van der Waals surface area contributed by atoms with E-state index in [1.807, 2.05) is 26.0 Å². The lowest BCUT2D eigenvalue weighted by atomic mass is 9.88. The highest BCUT2D eigenvalue weighted by atomic mass is 35.5. The molecule has 0 saturated carbocycles. The number of halogens is 1. The summed E-state index contributed by atoms with van der Waals surface area (Å²) in [6, 6.07) is 10.3. The molecule has 1 heterocycles. The van der Waals surface area contributed by atoms with Gasteiger partial charge >= 0.3 is 0 Å². The molecule has 2 N–H and O–H groups in total. The fraction of sp³-hybridized carbons (Fsp3) is 0.235. The Morgan fingerprint density at radius 1 is 1.00 bits per heavy atom. The Kier molecular flexibility index (Phi) is 5.71. The minimum atomic E-state index is -0.389. The van der Waals surface area contributed by atoms with Gasteiger partial charge in [-0.2, -0.15) is 0 Å². The Hall–Kier alpha value is -2.40. The molecule has 2 aromatic rings. The summed E-state index contributed by atoms with van der Waals surface area (Å²) < 4.78 is 0. The predicted molar refractivity (Wildman–Crippen MR) is 88.9 cm³/mol. The largest absolute Gasteiger partial charge is 0.273 e. The van der Waals surface area contributed by atoms with Gasteiger partial charge in [0.2, 0.25) is 5.91 Å². The molecule has 0 spiro atoms. The summed E-state index contributed by atoms with van der Waals surface area (Å²) in [5, 5.41) is 0.614. The number of pyridine rings is 1. The molecule has 0 bridgehead atoms. The summed E-state index contributed by atoms with van der Waals surface area (Å²) in [7, 11) is 0. The maximum atomic E-state index is 12.4. The van der Waals surface area contributed by atoms with E-state index >= 15 is 0 Å². The van der Waals surface area contributed by atoms with Crippen LogP contribution in [0.15, 0.2) is 48.8 Å². The van der Waals surface area contributed by atoms with Gasteiger partial charge in [0.25, 0.3) is 5.91 Å². The third-order valence-electron chi connectivity index (χ3n) is 3.42. The first kappa shape index (κ1) is 17.0. The maximum Gasteiger partial charge on any atom is 0.269 e. The number of carbonyl (C=O) groups excluding carboxylic acids is 2. The lowest BCUT2D eigenvalue weighted by Crippen LogP contribution is -2.44. The second-order valence-corrected chi connectivity index (χ2v) is 5.89. The fourth-order valence-corrected chi connectivity index (χ4v) is 2.41. The van der Waals surface area contributed by atoms with Crippen LogP contribution in [0.3, 0.4) is 0 Å². The highest BCUT2D eigenvalue weighted by Crippen LogP contribution is 2.25. The van der Waals surface area contributed by atoms with Crippen LogP contribution in [-0.4, -0.2) is 16.8 Å². The van der Waals surface area contributed by atoms with E-state index in [0.29, 0.717) is 10.6 Å². The van der Waals surface area contributed by atoms with Gasteiger partial charge in [0.15, 0.2) is 0 Å². The van der Waals surface area contributed by atoms with Crippen molar-refractivity contribution in [3.8, 4) is 0 Å². The Morgan fingerprint density at radius 2 is 1.61 bits per heavy atom. The molecule has 0 fully saturated rings. The van der Waals surface area contributed by atoms with Crippen LogP contribution in [0.1, 0.15) is 35.7 Å². The third kappa shape index (κ3) is 4.53. The van der Waals surface area contributed by atoms with E-state index in [1.54, 1.807) is 24.3 Å². The zero-order valence-electron chi connectivity index (χ0n) is 12.9. The Morgan fingerprint density at radius 3 is 2.17 bits per heavy atom. The van der Waals surface area contributed by atoms with Crippen LogP contribution in [-0.2, 0) is 4.79 Å². The Bertz CT molecular complexity index is 672. The summed E-state index contributed by atoms with van der Waals surface area (Å²) in [5.74, 6) is -0.983. The molecule has 6 heteroatoms. The first-order chi connectivity index (χ1) is 11.0. The number of aromatic nitrogens is 1. The Balaban J connectivity index is 2.04. The molecule has 5 nitrogen and oxygen atoms in total. The molecular formula is C17H18ClN3O2. The molecule has 120 valence electrons. The number of hydrogen-bond acceptors (Lipinski definition) is 3. The van der Waals surface area contributed by atoms with Gasteiger partial charge in [0, 0.05) is 23.0 Å². The highest BCUT2D eigenvalue weighted by Gasteiger charge is 2.24. The van der Waals surface area contributed by atoms with Crippen molar-refractivity contribution in [3.63, 3.8) is 0 Å². The summed E-state index contributed by atoms with van der Waals surface area (Å²) in [6.45, 7) is 3.90. The fourth-order valence-electron chi connectivity index (χ4n) is 2.28. The molecule has 0 aliphatic carbocycles. The van der Waals surface area contributed by atoms with Crippen molar-refractivity contribution in [3.05, 3.63) is 64.9 Å². The van der Waals surface area contributed by atoms with E-state index in [0.717, 1.165) is 5.56 Å².